The lowest BCUT2D eigenvalue weighted by Crippen LogP contribution is -2.05. The minimum absolute atomic E-state index is 0.256. The van der Waals surface area contributed by atoms with Crippen LogP contribution in [-0.4, -0.2) is 17.6 Å². The molecule has 0 aliphatic rings. The first kappa shape index (κ1) is 13.3. The zero-order valence-electron chi connectivity index (χ0n) is 10.6. The van der Waals surface area contributed by atoms with Crippen molar-refractivity contribution in [2.75, 3.05) is 6.61 Å². The van der Waals surface area contributed by atoms with Crippen molar-refractivity contribution in [1.29, 1.82) is 0 Å². The summed E-state index contributed by atoms with van der Waals surface area (Å²) in [6.45, 7) is 2.14. The molecule has 0 aliphatic carbocycles. The third-order valence-corrected chi connectivity index (χ3v) is 2.53. The molecule has 0 bridgehead atoms. The number of aryl methyl sites for hydroxylation is 1. The number of carbonyl (C=O) groups excluding carboxylic acids is 1. The van der Waals surface area contributed by atoms with Gasteiger partial charge in [0, 0.05) is 12.0 Å². The summed E-state index contributed by atoms with van der Waals surface area (Å²) < 4.78 is 22.9. The van der Waals surface area contributed by atoms with E-state index < -0.39 is 0 Å². The van der Waals surface area contributed by atoms with Crippen LogP contribution in [0, 0.1) is 5.82 Å². The maximum absolute atomic E-state index is 12.8. The van der Waals surface area contributed by atoms with E-state index in [1.807, 2.05) is 0 Å². The third kappa shape index (κ3) is 3.64. The van der Waals surface area contributed by atoms with Gasteiger partial charge in [-0.15, -0.1) is 0 Å². The van der Waals surface area contributed by atoms with Gasteiger partial charge in [0.05, 0.1) is 18.7 Å². The van der Waals surface area contributed by atoms with Crippen LogP contribution >= 0.6 is 0 Å². The van der Waals surface area contributed by atoms with Crippen LogP contribution in [0.5, 0.6) is 0 Å². The Morgan fingerprint density at radius 3 is 2.79 bits per heavy atom. The average Bonchev–Trinajstić information content (AvgIpc) is 2.86. The second kappa shape index (κ2) is 6.13. The summed E-state index contributed by atoms with van der Waals surface area (Å²) in [5, 5.41) is 0. The molecular formula is C14H14FNO3. The minimum atomic E-state index is -0.308. The molecule has 100 valence electrons. The van der Waals surface area contributed by atoms with E-state index >= 15 is 0 Å². The largest absolute Gasteiger partial charge is 0.466 e. The highest BCUT2D eigenvalue weighted by Gasteiger charge is 2.09. The van der Waals surface area contributed by atoms with Crippen molar-refractivity contribution >= 4 is 5.97 Å². The number of esters is 1. The fourth-order valence-electron chi connectivity index (χ4n) is 1.61. The molecule has 0 spiro atoms. The molecule has 2 rings (SSSR count). The lowest BCUT2D eigenvalue weighted by molar-refractivity contribution is -0.143. The second-order valence-electron chi connectivity index (χ2n) is 3.96. The lowest BCUT2D eigenvalue weighted by atomic mass is 10.2. The predicted molar refractivity (Wildman–Crippen MR) is 66.9 cm³/mol. The number of hydrogen-bond acceptors (Lipinski definition) is 4. The van der Waals surface area contributed by atoms with Gasteiger partial charge in [0.15, 0.2) is 0 Å². The average molecular weight is 263 g/mol. The summed E-state index contributed by atoms with van der Waals surface area (Å²) in [4.78, 5) is 15.5. The standard InChI is InChI=1S/C14H14FNO3/c1-2-18-13(17)8-7-12-9-19-14(16-12)10-3-5-11(15)6-4-10/h3-6,9H,2,7-8H2,1H3. The first-order valence-corrected chi connectivity index (χ1v) is 6.05. The summed E-state index contributed by atoms with van der Waals surface area (Å²) in [6, 6.07) is 5.88. The number of oxazole rings is 1. The monoisotopic (exact) mass is 263 g/mol. The Hall–Kier alpha value is -2.17. The predicted octanol–water partition coefficient (Wildman–Crippen LogP) is 2.98. The van der Waals surface area contributed by atoms with Crippen LogP contribution in [0.25, 0.3) is 11.5 Å². The van der Waals surface area contributed by atoms with E-state index in [9.17, 15) is 9.18 Å². The fourth-order valence-corrected chi connectivity index (χ4v) is 1.61. The van der Waals surface area contributed by atoms with E-state index in [2.05, 4.69) is 4.98 Å². The van der Waals surface area contributed by atoms with E-state index in [1.54, 1.807) is 19.1 Å². The third-order valence-electron chi connectivity index (χ3n) is 2.53. The number of hydrogen-bond donors (Lipinski definition) is 0. The van der Waals surface area contributed by atoms with Gasteiger partial charge in [-0.1, -0.05) is 0 Å². The maximum Gasteiger partial charge on any atom is 0.306 e. The first-order valence-electron chi connectivity index (χ1n) is 6.05. The highest BCUT2D eigenvalue weighted by atomic mass is 19.1. The number of aromatic nitrogens is 1. The summed E-state index contributed by atoms with van der Waals surface area (Å²) in [5.74, 6) is -0.148. The molecule has 1 aromatic carbocycles. The second-order valence-corrected chi connectivity index (χ2v) is 3.96. The number of carbonyl (C=O) groups is 1. The molecule has 0 amide bonds. The van der Waals surface area contributed by atoms with Gasteiger partial charge in [-0.2, -0.15) is 0 Å². The Kier molecular flexibility index (Phi) is 4.28. The molecule has 0 N–H and O–H groups in total. The number of rotatable bonds is 5. The number of benzene rings is 1. The van der Waals surface area contributed by atoms with Crippen molar-refractivity contribution in [1.82, 2.24) is 4.98 Å². The molecule has 1 heterocycles. The van der Waals surface area contributed by atoms with Crippen molar-refractivity contribution in [3.63, 3.8) is 0 Å². The molecule has 0 saturated carbocycles. The maximum atomic E-state index is 12.8. The van der Waals surface area contributed by atoms with Crippen LogP contribution in [-0.2, 0) is 16.0 Å². The Morgan fingerprint density at radius 1 is 1.37 bits per heavy atom. The van der Waals surface area contributed by atoms with Crippen LogP contribution in [0.3, 0.4) is 0 Å². The Labute approximate surface area is 110 Å². The van der Waals surface area contributed by atoms with Gasteiger partial charge in [0.1, 0.15) is 12.1 Å². The van der Waals surface area contributed by atoms with Gasteiger partial charge in [0.25, 0.3) is 0 Å². The van der Waals surface area contributed by atoms with Crippen molar-refractivity contribution in [3.05, 3.63) is 42.0 Å². The number of halogens is 1. The Balaban J connectivity index is 1.99. The van der Waals surface area contributed by atoms with Crippen LogP contribution in [0.4, 0.5) is 4.39 Å². The van der Waals surface area contributed by atoms with Gasteiger partial charge in [-0.25, -0.2) is 9.37 Å². The summed E-state index contributed by atoms with van der Waals surface area (Å²) in [6.07, 6.45) is 2.23. The van der Waals surface area contributed by atoms with E-state index in [0.29, 0.717) is 30.2 Å². The van der Waals surface area contributed by atoms with Crippen molar-refractivity contribution in [3.8, 4) is 11.5 Å². The van der Waals surface area contributed by atoms with Crippen molar-refractivity contribution in [2.45, 2.75) is 19.8 Å². The molecule has 4 nitrogen and oxygen atoms in total. The van der Waals surface area contributed by atoms with E-state index in [0.717, 1.165) is 0 Å². The SMILES string of the molecule is CCOC(=O)CCc1coc(-c2ccc(F)cc2)n1. The van der Waals surface area contributed by atoms with E-state index in [4.69, 9.17) is 9.15 Å². The van der Waals surface area contributed by atoms with Crippen LogP contribution in [0.2, 0.25) is 0 Å². The van der Waals surface area contributed by atoms with Crippen molar-refractivity contribution in [2.24, 2.45) is 0 Å². The summed E-state index contributed by atoms with van der Waals surface area (Å²) in [5.41, 5.74) is 1.37. The van der Waals surface area contributed by atoms with Gasteiger partial charge in [0.2, 0.25) is 5.89 Å². The van der Waals surface area contributed by atoms with Crippen LogP contribution < -0.4 is 0 Å². The van der Waals surface area contributed by atoms with Gasteiger partial charge in [-0.05, 0) is 31.2 Å². The number of ether oxygens (including phenoxy) is 1. The number of nitrogens with zero attached hydrogens (tertiary/aromatic N) is 1. The Bertz CT molecular complexity index is 548. The van der Waals surface area contributed by atoms with Crippen LogP contribution in [0.1, 0.15) is 19.0 Å². The lowest BCUT2D eigenvalue weighted by Gasteiger charge is -1.98. The highest BCUT2D eigenvalue weighted by molar-refractivity contribution is 5.69. The molecular weight excluding hydrogens is 249 g/mol. The van der Waals surface area contributed by atoms with Gasteiger partial charge < -0.3 is 9.15 Å². The van der Waals surface area contributed by atoms with E-state index in [1.165, 1.54) is 18.4 Å². The molecule has 0 unspecified atom stereocenters. The molecule has 19 heavy (non-hydrogen) atoms. The molecule has 5 heteroatoms. The molecule has 0 saturated heterocycles. The first-order chi connectivity index (χ1) is 9.19. The zero-order valence-corrected chi connectivity index (χ0v) is 10.6. The highest BCUT2D eigenvalue weighted by Crippen LogP contribution is 2.19. The van der Waals surface area contributed by atoms with Crippen LogP contribution in [0.15, 0.2) is 34.9 Å². The molecule has 1 aromatic heterocycles. The molecule has 0 aliphatic heterocycles. The zero-order chi connectivity index (χ0) is 13.7. The van der Waals surface area contributed by atoms with Gasteiger partial charge >= 0.3 is 5.97 Å². The molecule has 0 radical (unpaired) electrons. The summed E-state index contributed by atoms with van der Waals surface area (Å²) in [7, 11) is 0. The minimum Gasteiger partial charge on any atom is -0.466 e. The Morgan fingerprint density at radius 2 is 2.11 bits per heavy atom. The fraction of sp³-hybridized carbons (Fsp3) is 0.286. The normalized spacial score (nSPS) is 10.4. The van der Waals surface area contributed by atoms with Gasteiger partial charge in [-0.3, -0.25) is 4.79 Å². The molecule has 2 aromatic rings. The van der Waals surface area contributed by atoms with E-state index in [-0.39, 0.29) is 18.2 Å². The summed E-state index contributed by atoms with van der Waals surface area (Å²) >= 11 is 0. The quantitative estimate of drug-likeness (QED) is 0.778. The molecule has 0 fully saturated rings. The smallest absolute Gasteiger partial charge is 0.306 e. The topological polar surface area (TPSA) is 52.3 Å². The molecule has 0 atom stereocenters. The van der Waals surface area contributed by atoms with Crippen molar-refractivity contribution < 1.29 is 18.3 Å².